The first-order chi connectivity index (χ1) is 6.74. The van der Waals surface area contributed by atoms with Crippen molar-refractivity contribution in [1.29, 1.82) is 0 Å². The lowest BCUT2D eigenvalue weighted by molar-refractivity contribution is -0.132. The third-order valence-corrected chi connectivity index (χ3v) is 1.78. The summed E-state index contributed by atoms with van der Waals surface area (Å²) in [5.41, 5.74) is 0.791. The summed E-state index contributed by atoms with van der Waals surface area (Å²) in [6.07, 6.45) is 4.63. The largest absolute Gasteiger partial charge is 0.508 e. The van der Waals surface area contributed by atoms with Gasteiger partial charge in [-0.05, 0) is 29.8 Å². The van der Waals surface area contributed by atoms with E-state index in [0.717, 1.165) is 5.56 Å². The maximum Gasteiger partial charge on any atom is 0.336 e. The van der Waals surface area contributed by atoms with Crippen molar-refractivity contribution in [3.05, 3.63) is 47.7 Å². The summed E-state index contributed by atoms with van der Waals surface area (Å²) >= 11 is 0. The lowest BCUT2D eigenvalue weighted by Crippen LogP contribution is -1.89. The standard InChI is InChI=1S/C11H8O3/c12-9-3-1-2-8(6-9)7-10-4-5-11(13)14-10/h1-7,12H/b10-7+. The van der Waals surface area contributed by atoms with Crippen LogP contribution in [0, 0.1) is 0 Å². The fourth-order valence-electron chi connectivity index (χ4n) is 1.19. The molecule has 0 radical (unpaired) electrons. The van der Waals surface area contributed by atoms with Crippen LogP contribution in [0.5, 0.6) is 5.75 Å². The van der Waals surface area contributed by atoms with Crippen LogP contribution >= 0.6 is 0 Å². The minimum Gasteiger partial charge on any atom is -0.508 e. The molecule has 0 aliphatic carbocycles. The summed E-state index contributed by atoms with van der Waals surface area (Å²) in [5, 5.41) is 9.18. The van der Waals surface area contributed by atoms with Gasteiger partial charge in [0.2, 0.25) is 0 Å². The number of cyclic esters (lactones) is 1. The van der Waals surface area contributed by atoms with E-state index in [2.05, 4.69) is 0 Å². The normalized spacial score (nSPS) is 17.4. The second-order valence-electron chi connectivity index (χ2n) is 2.90. The number of ether oxygens (including phenoxy) is 1. The van der Waals surface area contributed by atoms with E-state index in [4.69, 9.17) is 4.74 Å². The predicted octanol–water partition coefficient (Wildman–Crippen LogP) is 1.85. The Kier molecular flexibility index (Phi) is 2.07. The zero-order chi connectivity index (χ0) is 9.97. The number of hydrogen-bond acceptors (Lipinski definition) is 3. The van der Waals surface area contributed by atoms with Crippen LogP contribution in [0.15, 0.2) is 42.2 Å². The lowest BCUT2D eigenvalue weighted by Gasteiger charge is -1.97. The number of phenolic OH excluding ortho intramolecular Hbond substituents is 1. The third kappa shape index (κ3) is 1.82. The van der Waals surface area contributed by atoms with Crippen LogP contribution in [0.4, 0.5) is 0 Å². The molecule has 1 aromatic carbocycles. The first-order valence-corrected chi connectivity index (χ1v) is 4.15. The Balaban J connectivity index is 2.26. The monoisotopic (exact) mass is 188 g/mol. The summed E-state index contributed by atoms with van der Waals surface area (Å²) in [5.74, 6) is 0.310. The number of carbonyl (C=O) groups excluding carboxylic acids is 1. The maximum absolute atomic E-state index is 10.7. The highest BCUT2D eigenvalue weighted by molar-refractivity contribution is 5.87. The molecule has 1 heterocycles. The molecule has 0 fully saturated rings. The van der Waals surface area contributed by atoms with Crippen LogP contribution in [-0.2, 0) is 9.53 Å². The van der Waals surface area contributed by atoms with Crippen LogP contribution < -0.4 is 0 Å². The fourth-order valence-corrected chi connectivity index (χ4v) is 1.19. The highest BCUT2D eigenvalue weighted by Gasteiger charge is 2.08. The fraction of sp³-hybridized carbons (Fsp3) is 0. The zero-order valence-corrected chi connectivity index (χ0v) is 7.31. The van der Waals surface area contributed by atoms with Crippen molar-refractivity contribution in [3.63, 3.8) is 0 Å². The van der Waals surface area contributed by atoms with Gasteiger partial charge in [-0.2, -0.15) is 0 Å². The Labute approximate surface area is 80.9 Å². The van der Waals surface area contributed by atoms with Gasteiger partial charge >= 0.3 is 5.97 Å². The summed E-state index contributed by atoms with van der Waals surface area (Å²) in [6, 6.07) is 6.71. The minimum atomic E-state index is -0.364. The molecule has 0 atom stereocenters. The van der Waals surface area contributed by atoms with E-state index in [0.29, 0.717) is 5.76 Å². The van der Waals surface area contributed by atoms with E-state index in [-0.39, 0.29) is 11.7 Å². The van der Waals surface area contributed by atoms with Gasteiger partial charge in [0.05, 0.1) is 0 Å². The summed E-state index contributed by atoms with van der Waals surface area (Å²) in [7, 11) is 0. The quantitative estimate of drug-likeness (QED) is 0.684. The van der Waals surface area contributed by atoms with E-state index >= 15 is 0 Å². The Bertz CT molecular complexity index is 430. The van der Waals surface area contributed by atoms with Crippen molar-refractivity contribution < 1.29 is 14.6 Å². The second-order valence-corrected chi connectivity index (χ2v) is 2.90. The Morgan fingerprint density at radius 3 is 2.79 bits per heavy atom. The molecule has 0 saturated heterocycles. The van der Waals surface area contributed by atoms with Crippen molar-refractivity contribution in [2.45, 2.75) is 0 Å². The zero-order valence-electron chi connectivity index (χ0n) is 7.31. The van der Waals surface area contributed by atoms with Crippen LogP contribution in [-0.4, -0.2) is 11.1 Å². The number of allylic oxidation sites excluding steroid dienone is 1. The van der Waals surface area contributed by atoms with Gasteiger partial charge in [-0.25, -0.2) is 4.79 Å². The van der Waals surface area contributed by atoms with Crippen LogP contribution in [0.25, 0.3) is 6.08 Å². The molecule has 2 rings (SSSR count). The van der Waals surface area contributed by atoms with Crippen LogP contribution in [0.2, 0.25) is 0 Å². The summed E-state index contributed by atoms with van der Waals surface area (Å²) in [6.45, 7) is 0. The van der Waals surface area contributed by atoms with Gasteiger partial charge in [0.15, 0.2) is 0 Å². The van der Waals surface area contributed by atoms with Crippen molar-refractivity contribution in [1.82, 2.24) is 0 Å². The molecular formula is C11H8O3. The molecule has 3 heteroatoms. The Hall–Kier alpha value is -2.03. The van der Waals surface area contributed by atoms with Gasteiger partial charge in [0, 0.05) is 6.08 Å². The first-order valence-electron chi connectivity index (χ1n) is 4.15. The molecule has 0 amide bonds. The minimum absolute atomic E-state index is 0.188. The Morgan fingerprint density at radius 1 is 1.29 bits per heavy atom. The number of phenols is 1. The Morgan fingerprint density at radius 2 is 2.14 bits per heavy atom. The molecule has 14 heavy (non-hydrogen) atoms. The SMILES string of the molecule is O=C1C=C/C(=C\c2cccc(O)c2)O1. The summed E-state index contributed by atoms with van der Waals surface area (Å²) in [4.78, 5) is 10.7. The summed E-state index contributed by atoms with van der Waals surface area (Å²) < 4.78 is 4.83. The topological polar surface area (TPSA) is 46.5 Å². The number of benzene rings is 1. The molecule has 3 nitrogen and oxygen atoms in total. The smallest absolute Gasteiger partial charge is 0.336 e. The van der Waals surface area contributed by atoms with Crippen molar-refractivity contribution >= 4 is 12.0 Å². The molecule has 0 saturated carbocycles. The van der Waals surface area contributed by atoms with Gasteiger partial charge in [-0.1, -0.05) is 12.1 Å². The average molecular weight is 188 g/mol. The third-order valence-electron chi connectivity index (χ3n) is 1.78. The van der Waals surface area contributed by atoms with Gasteiger partial charge in [0.1, 0.15) is 11.5 Å². The molecule has 1 aliphatic rings. The lowest BCUT2D eigenvalue weighted by atomic mass is 10.2. The van der Waals surface area contributed by atoms with Crippen molar-refractivity contribution in [2.24, 2.45) is 0 Å². The van der Waals surface area contributed by atoms with E-state index in [1.165, 1.54) is 6.08 Å². The molecule has 0 bridgehead atoms. The highest BCUT2D eigenvalue weighted by atomic mass is 16.5. The number of rotatable bonds is 1. The molecule has 1 N–H and O–H groups in total. The molecular weight excluding hydrogens is 180 g/mol. The molecule has 0 spiro atoms. The molecule has 1 aliphatic heterocycles. The molecule has 70 valence electrons. The maximum atomic E-state index is 10.7. The average Bonchev–Trinajstić information content (AvgIpc) is 2.51. The number of carbonyl (C=O) groups is 1. The molecule has 1 aromatic rings. The number of esters is 1. The predicted molar refractivity (Wildman–Crippen MR) is 51.3 cm³/mol. The van der Waals surface area contributed by atoms with Gasteiger partial charge < -0.3 is 9.84 Å². The highest BCUT2D eigenvalue weighted by Crippen LogP contribution is 2.17. The number of aromatic hydroxyl groups is 1. The first kappa shape index (κ1) is 8.56. The number of hydrogen-bond donors (Lipinski definition) is 1. The molecule has 0 unspecified atom stereocenters. The van der Waals surface area contributed by atoms with Gasteiger partial charge in [-0.15, -0.1) is 0 Å². The van der Waals surface area contributed by atoms with E-state index in [9.17, 15) is 9.90 Å². The van der Waals surface area contributed by atoms with E-state index in [1.807, 2.05) is 6.07 Å². The van der Waals surface area contributed by atoms with E-state index < -0.39 is 0 Å². The van der Waals surface area contributed by atoms with Gasteiger partial charge in [0.25, 0.3) is 0 Å². The van der Waals surface area contributed by atoms with Gasteiger partial charge in [-0.3, -0.25) is 0 Å². The van der Waals surface area contributed by atoms with Crippen LogP contribution in [0.3, 0.4) is 0 Å². The second kappa shape index (κ2) is 3.38. The van der Waals surface area contributed by atoms with Crippen molar-refractivity contribution in [2.75, 3.05) is 0 Å². The molecule has 0 aromatic heterocycles. The van der Waals surface area contributed by atoms with Crippen molar-refractivity contribution in [3.8, 4) is 5.75 Å². The van der Waals surface area contributed by atoms with Crippen LogP contribution in [0.1, 0.15) is 5.56 Å². The van der Waals surface area contributed by atoms with E-state index in [1.54, 1.807) is 30.4 Å².